The molecule has 0 amide bonds. The summed E-state index contributed by atoms with van der Waals surface area (Å²) in [7, 11) is 1.82. The van der Waals surface area contributed by atoms with Crippen LogP contribution in [0.1, 0.15) is 11.1 Å². The molecule has 0 aliphatic carbocycles. The molecule has 0 fully saturated rings. The number of halogens is 2. The minimum Gasteiger partial charge on any atom is -0.371 e. The van der Waals surface area contributed by atoms with Gasteiger partial charge in [-0.25, -0.2) is 0 Å². The number of anilines is 1. The summed E-state index contributed by atoms with van der Waals surface area (Å²) < 4.78 is 0. The van der Waals surface area contributed by atoms with Crippen molar-refractivity contribution >= 4 is 29.0 Å². The maximum Gasteiger partial charge on any atom is 0.151 e. The number of nitrogens with zero attached hydrogens (tertiary/aromatic N) is 2. The molecule has 2 aromatic rings. The van der Waals surface area contributed by atoms with E-state index in [1.807, 2.05) is 33.0 Å². The predicted octanol–water partition coefficient (Wildman–Crippen LogP) is 4.11. The third-order valence-electron chi connectivity index (χ3n) is 2.97. The van der Waals surface area contributed by atoms with Crippen molar-refractivity contribution < 1.29 is 0 Å². The van der Waals surface area contributed by atoms with Crippen molar-refractivity contribution in [3.05, 3.63) is 39.4 Å². The molecule has 0 atom stereocenters. The van der Waals surface area contributed by atoms with Crippen molar-refractivity contribution in [1.82, 2.24) is 10.2 Å². The van der Waals surface area contributed by atoms with Crippen molar-refractivity contribution in [3.8, 4) is 11.3 Å². The molecule has 1 N–H and O–H groups in total. The molecule has 0 saturated carbocycles. The van der Waals surface area contributed by atoms with Gasteiger partial charge < -0.3 is 5.32 Å². The number of nitrogens with one attached hydrogen (secondary N) is 1. The number of hydrogen-bond acceptors (Lipinski definition) is 3. The van der Waals surface area contributed by atoms with Crippen LogP contribution in [0.4, 0.5) is 5.82 Å². The Morgan fingerprint density at radius 1 is 1.06 bits per heavy atom. The van der Waals surface area contributed by atoms with Crippen LogP contribution in [0.25, 0.3) is 11.3 Å². The van der Waals surface area contributed by atoms with Crippen LogP contribution in [0.2, 0.25) is 10.0 Å². The number of hydrogen-bond donors (Lipinski definition) is 1. The zero-order chi connectivity index (χ0) is 13.3. The molecule has 1 heterocycles. The van der Waals surface area contributed by atoms with Gasteiger partial charge in [0.15, 0.2) is 5.82 Å². The maximum atomic E-state index is 6.21. The monoisotopic (exact) mass is 281 g/mol. The normalized spacial score (nSPS) is 10.5. The van der Waals surface area contributed by atoms with Gasteiger partial charge in [-0.1, -0.05) is 35.3 Å². The van der Waals surface area contributed by atoms with E-state index in [0.29, 0.717) is 10.0 Å². The fourth-order valence-corrected chi connectivity index (χ4v) is 2.18. The summed E-state index contributed by atoms with van der Waals surface area (Å²) in [6.45, 7) is 4.00. The van der Waals surface area contributed by atoms with Gasteiger partial charge in [0.05, 0.1) is 15.7 Å². The molecule has 0 unspecified atom stereocenters. The predicted molar refractivity (Wildman–Crippen MR) is 76.5 cm³/mol. The Kier molecular flexibility index (Phi) is 3.73. The fourth-order valence-electron chi connectivity index (χ4n) is 1.79. The Hall–Kier alpha value is -1.32. The zero-order valence-electron chi connectivity index (χ0n) is 10.4. The van der Waals surface area contributed by atoms with Gasteiger partial charge in [-0.05, 0) is 31.0 Å². The van der Waals surface area contributed by atoms with Gasteiger partial charge in [0.1, 0.15) is 0 Å². The lowest BCUT2D eigenvalue weighted by molar-refractivity contribution is 1.00. The van der Waals surface area contributed by atoms with E-state index in [1.54, 1.807) is 6.07 Å². The minimum atomic E-state index is 0.508. The van der Waals surface area contributed by atoms with E-state index in [9.17, 15) is 0 Å². The third kappa shape index (κ3) is 2.16. The molecule has 0 aliphatic rings. The van der Waals surface area contributed by atoms with Gasteiger partial charge in [-0.3, -0.25) is 0 Å². The first-order chi connectivity index (χ1) is 8.56. The van der Waals surface area contributed by atoms with Crippen LogP contribution in [0.3, 0.4) is 0 Å². The van der Waals surface area contributed by atoms with Crippen molar-refractivity contribution in [1.29, 1.82) is 0 Å². The Balaban J connectivity index is 2.65. The average molecular weight is 282 g/mol. The highest BCUT2D eigenvalue weighted by atomic mass is 35.5. The van der Waals surface area contributed by atoms with Gasteiger partial charge >= 0.3 is 0 Å². The van der Waals surface area contributed by atoms with Crippen molar-refractivity contribution in [3.63, 3.8) is 0 Å². The minimum absolute atomic E-state index is 0.508. The zero-order valence-corrected chi connectivity index (χ0v) is 11.9. The maximum absolute atomic E-state index is 6.21. The lowest BCUT2D eigenvalue weighted by Gasteiger charge is -2.12. The number of benzene rings is 1. The molecule has 0 radical (unpaired) electrons. The molecule has 5 heteroatoms. The van der Waals surface area contributed by atoms with Gasteiger partial charge in [0, 0.05) is 12.6 Å². The lowest BCUT2D eigenvalue weighted by Crippen LogP contribution is -2.02. The Morgan fingerprint density at radius 3 is 2.44 bits per heavy atom. The summed E-state index contributed by atoms with van der Waals surface area (Å²) in [5.74, 6) is 0.773. The molecule has 1 aromatic heterocycles. The molecule has 3 nitrogen and oxygen atoms in total. The number of rotatable bonds is 2. The Morgan fingerprint density at radius 2 is 1.78 bits per heavy atom. The summed E-state index contributed by atoms with van der Waals surface area (Å²) in [6.07, 6.45) is 0. The van der Waals surface area contributed by atoms with E-state index in [1.165, 1.54) is 0 Å². The second-order valence-electron chi connectivity index (χ2n) is 4.00. The van der Waals surface area contributed by atoms with Gasteiger partial charge in [-0.2, -0.15) is 0 Å². The van der Waals surface area contributed by atoms with Crippen LogP contribution in [-0.4, -0.2) is 17.2 Å². The third-order valence-corrected chi connectivity index (χ3v) is 3.79. The highest BCUT2D eigenvalue weighted by Gasteiger charge is 2.14. The van der Waals surface area contributed by atoms with Crippen LogP contribution in [0.5, 0.6) is 0 Å². The summed E-state index contributed by atoms with van der Waals surface area (Å²) in [5.41, 5.74) is 3.66. The number of aromatic nitrogens is 2. The quantitative estimate of drug-likeness (QED) is 0.900. The van der Waals surface area contributed by atoms with Crippen molar-refractivity contribution in [2.75, 3.05) is 12.4 Å². The van der Waals surface area contributed by atoms with E-state index in [4.69, 9.17) is 23.2 Å². The molecule has 94 valence electrons. The molecule has 0 saturated heterocycles. The first kappa shape index (κ1) is 13.1. The second kappa shape index (κ2) is 5.12. The van der Waals surface area contributed by atoms with E-state index in [2.05, 4.69) is 15.5 Å². The lowest BCUT2D eigenvalue weighted by atomic mass is 10.0. The van der Waals surface area contributed by atoms with Gasteiger partial charge in [0.2, 0.25) is 0 Å². The molecule has 18 heavy (non-hydrogen) atoms. The fraction of sp³-hybridized carbons (Fsp3) is 0.231. The smallest absolute Gasteiger partial charge is 0.151 e. The molecule has 0 spiro atoms. The molecule has 1 aromatic carbocycles. The SMILES string of the molecule is CNc1nnc(-c2cccc(Cl)c2Cl)c(C)c1C. The Labute approximate surface area is 116 Å². The van der Waals surface area contributed by atoms with Crippen LogP contribution in [0.15, 0.2) is 18.2 Å². The highest BCUT2D eigenvalue weighted by molar-refractivity contribution is 6.43. The molecule has 0 bridgehead atoms. The largest absolute Gasteiger partial charge is 0.371 e. The summed E-state index contributed by atoms with van der Waals surface area (Å²) >= 11 is 12.2. The van der Waals surface area contributed by atoms with Crippen LogP contribution >= 0.6 is 23.2 Å². The van der Waals surface area contributed by atoms with Gasteiger partial charge in [0.25, 0.3) is 0 Å². The molecular weight excluding hydrogens is 269 g/mol. The summed E-state index contributed by atoms with van der Waals surface area (Å²) in [5, 5.41) is 12.4. The topological polar surface area (TPSA) is 37.8 Å². The van der Waals surface area contributed by atoms with Crippen molar-refractivity contribution in [2.24, 2.45) is 0 Å². The van der Waals surface area contributed by atoms with Crippen LogP contribution in [0, 0.1) is 13.8 Å². The highest BCUT2D eigenvalue weighted by Crippen LogP contribution is 2.35. The standard InChI is InChI=1S/C13H13Cl2N3/c1-7-8(2)13(16-3)18-17-12(7)9-5-4-6-10(14)11(9)15/h4-6H,1-3H3,(H,16,18). The molecule has 2 rings (SSSR count). The van der Waals surface area contributed by atoms with Crippen molar-refractivity contribution in [2.45, 2.75) is 13.8 Å². The first-order valence-corrected chi connectivity index (χ1v) is 6.28. The molecule has 0 aliphatic heterocycles. The second-order valence-corrected chi connectivity index (χ2v) is 4.78. The van der Waals surface area contributed by atoms with Gasteiger partial charge in [-0.15, -0.1) is 10.2 Å². The van der Waals surface area contributed by atoms with E-state index in [-0.39, 0.29) is 0 Å². The van der Waals surface area contributed by atoms with E-state index >= 15 is 0 Å². The first-order valence-electron chi connectivity index (χ1n) is 5.52. The van der Waals surface area contributed by atoms with Crippen LogP contribution < -0.4 is 5.32 Å². The molecular formula is C13H13Cl2N3. The van der Waals surface area contributed by atoms with Crippen LogP contribution in [-0.2, 0) is 0 Å². The van der Waals surface area contributed by atoms with E-state index in [0.717, 1.165) is 28.2 Å². The summed E-state index contributed by atoms with van der Waals surface area (Å²) in [6, 6.07) is 5.50. The summed E-state index contributed by atoms with van der Waals surface area (Å²) in [4.78, 5) is 0. The van der Waals surface area contributed by atoms with E-state index < -0.39 is 0 Å². The average Bonchev–Trinajstić information content (AvgIpc) is 2.37. The Bertz CT molecular complexity index is 597.